The number of hydrogen-bond acceptors (Lipinski definition) is 1. The van der Waals surface area contributed by atoms with E-state index in [-0.39, 0.29) is 4.82 Å². The summed E-state index contributed by atoms with van der Waals surface area (Å²) in [5.74, 6) is 0. The van der Waals surface area contributed by atoms with Crippen molar-refractivity contribution in [2.75, 3.05) is 4.90 Å². The lowest BCUT2D eigenvalue weighted by atomic mass is 10.1. The van der Waals surface area contributed by atoms with Crippen LogP contribution in [-0.4, -0.2) is 4.82 Å². The maximum atomic E-state index is 12.0. The Bertz CT molecular complexity index is 694. The van der Waals surface area contributed by atoms with Gasteiger partial charge >= 0.3 is 0 Å². The average Bonchev–Trinajstić information content (AvgIpc) is 2.53. The molecule has 4 heteroatoms. The molecule has 1 heterocycles. The molecular weight excluding hydrogens is 370 g/mol. The van der Waals surface area contributed by atoms with Crippen molar-refractivity contribution < 1.29 is 4.79 Å². The number of anilines is 2. The van der Waals surface area contributed by atoms with Crippen LogP contribution in [0, 0.1) is 0 Å². The van der Waals surface area contributed by atoms with Gasteiger partial charge in [-0.2, -0.15) is 0 Å². The Morgan fingerprint density at radius 1 is 0.947 bits per heavy atom. The standard InChI is InChI=1S/C15H9Br2NO/c16-12-9-10-5-1-3-7-13(10)18(15(17)19)14-8-4-2-6-11(12)14/h1-9H. The predicted molar refractivity (Wildman–Crippen MR) is 86.1 cm³/mol. The maximum absolute atomic E-state index is 12.0. The summed E-state index contributed by atoms with van der Waals surface area (Å²) in [5.41, 5.74) is 3.72. The molecule has 2 aromatic rings. The number of nitrogens with zero attached hydrogens (tertiary/aromatic N) is 1. The van der Waals surface area contributed by atoms with E-state index >= 15 is 0 Å². The van der Waals surface area contributed by atoms with E-state index in [2.05, 4.69) is 31.9 Å². The first-order valence-corrected chi connectivity index (χ1v) is 7.32. The largest absolute Gasteiger partial charge is 0.298 e. The topological polar surface area (TPSA) is 20.3 Å². The molecule has 0 spiro atoms. The Morgan fingerprint density at radius 3 is 2.32 bits per heavy atom. The van der Waals surface area contributed by atoms with Crippen molar-refractivity contribution in [1.82, 2.24) is 0 Å². The second-order valence-electron chi connectivity index (χ2n) is 4.16. The molecule has 19 heavy (non-hydrogen) atoms. The predicted octanol–water partition coefficient (Wildman–Crippen LogP) is 5.55. The van der Waals surface area contributed by atoms with Gasteiger partial charge in [0.15, 0.2) is 0 Å². The number of para-hydroxylation sites is 2. The van der Waals surface area contributed by atoms with Gasteiger partial charge in [-0.3, -0.25) is 9.69 Å². The number of benzene rings is 2. The third-order valence-electron chi connectivity index (χ3n) is 3.04. The van der Waals surface area contributed by atoms with Crippen molar-refractivity contribution in [2.24, 2.45) is 0 Å². The normalized spacial score (nSPS) is 13.2. The smallest absolute Gasteiger partial charge is 0.270 e. The van der Waals surface area contributed by atoms with Crippen LogP contribution in [0.5, 0.6) is 0 Å². The minimum absolute atomic E-state index is 0.178. The van der Waals surface area contributed by atoms with Gasteiger partial charge in [0.2, 0.25) is 0 Å². The fourth-order valence-electron chi connectivity index (χ4n) is 2.22. The molecule has 1 aliphatic rings. The van der Waals surface area contributed by atoms with Crippen molar-refractivity contribution in [3.63, 3.8) is 0 Å². The summed E-state index contributed by atoms with van der Waals surface area (Å²) in [6.45, 7) is 0. The maximum Gasteiger partial charge on any atom is 0.298 e. The van der Waals surface area contributed by atoms with E-state index in [0.29, 0.717) is 0 Å². The van der Waals surface area contributed by atoms with E-state index < -0.39 is 0 Å². The molecule has 0 aromatic heterocycles. The Kier molecular flexibility index (Phi) is 3.29. The summed E-state index contributed by atoms with van der Waals surface area (Å²) in [4.78, 5) is 13.5. The van der Waals surface area contributed by atoms with Gasteiger partial charge in [-0.1, -0.05) is 52.3 Å². The SMILES string of the molecule is O=C(Br)N1c2ccccc2C=C(Br)c2ccccc21. The molecule has 2 aromatic carbocycles. The van der Waals surface area contributed by atoms with Crippen LogP contribution >= 0.6 is 31.9 Å². The first-order valence-electron chi connectivity index (χ1n) is 5.73. The molecular formula is C15H9Br2NO. The first kappa shape index (κ1) is 12.6. The van der Waals surface area contributed by atoms with Crippen LogP contribution < -0.4 is 4.90 Å². The number of carbonyl (C=O) groups excluding carboxylic acids is 1. The van der Waals surface area contributed by atoms with Crippen LogP contribution in [0.4, 0.5) is 16.2 Å². The van der Waals surface area contributed by atoms with E-state index in [1.54, 1.807) is 4.90 Å². The molecule has 1 aliphatic heterocycles. The molecule has 0 bridgehead atoms. The van der Waals surface area contributed by atoms with Crippen molar-refractivity contribution >= 4 is 58.6 Å². The van der Waals surface area contributed by atoms with Gasteiger partial charge in [-0.25, -0.2) is 0 Å². The van der Waals surface area contributed by atoms with Gasteiger partial charge in [0, 0.05) is 26.0 Å². The molecule has 94 valence electrons. The zero-order valence-corrected chi connectivity index (χ0v) is 13.0. The second kappa shape index (κ2) is 4.94. The average molecular weight is 379 g/mol. The number of amides is 1. The lowest BCUT2D eigenvalue weighted by Crippen LogP contribution is -2.20. The van der Waals surface area contributed by atoms with Crippen molar-refractivity contribution in [3.05, 3.63) is 59.7 Å². The van der Waals surface area contributed by atoms with Crippen LogP contribution in [0.15, 0.2) is 48.5 Å². The zero-order chi connectivity index (χ0) is 13.4. The summed E-state index contributed by atoms with van der Waals surface area (Å²) in [6, 6.07) is 15.6. The van der Waals surface area contributed by atoms with Crippen molar-refractivity contribution in [2.45, 2.75) is 0 Å². The summed E-state index contributed by atoms with van der Waals surface area (Å²) in [7, 11) is 0. The summed E-state index contributed by atoms with van der Waals surface area (Å²) in [6.07, 6.45) is 2.03. The van der Waals surface area contributed by atoms with Gasteiger partial charge in [0.05, 0.1) is 11.4 Å². The number of carbonyl (C=O) groups is 1. The van der Waals surface area contributed by atoms with E-state index in [4.69, 9.17) is 0 Å². The van der Waals surface area contributed by atoms with Crippen LogP contribution in [0.2, 0.25) is 0 Å². The highest BCUT2D eigenvalue weighted by Crippen LogP contribution is 2.42. The van der Waals surface area contributed by atoms with E-state index in [0.717, 1.165) is 27.0 Å². The summed E-state index contributed by atoms with van der Waals surface area (Å²) >= 11 is 6.67. The molecule has 0 unspecified atom stereocenters. The van der Waals surface area contributed by atoms with Crippen molar-refractivity contribution in [3.8, 4) is 0 Å². The van der Waals surface area contributed by atoms with Gasteiger partial charge in [-0.05, 0) is 23.8 Å². The molecule has 0 fully saturated rings. The molecule has 0 radical (unpaired) electrons. The Hall–Kier alpha value is -1.39. The van der Waals surface area contributed by atoms with E-state index in [1.165, 1.54) is 0 Å². The highest BCUT2D eigenvalue weighted by Gasteiger charge is 2.23. The highest BCUT2D eigenvalue weighted by molar-refractivity contribution is 9.18. The molecule has 0 N–H and O–H groups in total. The van der Waals surface area contributed by atoms with Gasteiger partial charge in [0.25, 0.3) is 4.82 Å². The number of rotatable bonds is 0. The van der Waals surface area contributed by atoms with Crippen LogP contribution in [0.25, 0.3) is 10.6 Å². The minimum atomic E-state index is -0.178. The lowest BCUT2D eigenvalue weighted by Gasteiger charge is -2.22. The highest BCUT2D eigenvalue weighted by atomic mass is 79.9. The second-order valence-corrected chi connectivity index (χ2v) is 5.69. The summed E-state index contributed by atoms with van der Waals surface area (Å²) in [5, 5.41) is 0. The molecule has 0 aliphatic carbocycles. The van der Waals surface area contributed by atoms with Gasteiger partial charge < -0.3 is 0 Å². The number of fused-ring (bicyclic) bond motifs is 2. The Balaban J connectivity index is 2.36. The van der Waals surface area contributed by atoms with Gasteiger partial charge in [-0.15, -0.1) is 0 Å². The summed E-state index contributed by atoms with van der Waals surface area (Å²) < 4.78 is 0.965. The first-order chi connectivity index (χ1) is 9.18. The lowest BCUT2D eigenvalue weighted by molar-refractivity contribution is 0.268. The molecule has 0 saturated heterocycles. The third kappa shape index (κ3) is 2.15. The monoisotopic (exact) mass is 377 g/mol. The molecule has 3 rings (SSSR count). The Morgan fingerprint density at radius 2 is 1.58 bits per heavy atom. The van der Waals surface area contributed by atoms with Gasteiger partial charge in [0.1, 0.15) is 0 Å². The molecule has 2 nitrogen and oxygen atoms in total. The number of halogens is 2. The van der Waals surface area contributed by atoms with Crippen LogP contribution in [0.1, 0.15) is 11.1 Å². The van der Waals surface area contributed by atoms with E-state index in [9.17, 15) is 4.79 Å². The fourth-order valence-corrected chi connectivity index (χ4v) is 3.18. The zero-order valence-electron chi connectivity index (χ0n) is 9.81. The van der Waals surface area contributed by atoms with E-state index in [1.807, 2.05) is 54.6 Å². The molecule has 0 atom stereocenters. The number of hydrogen-bond donors (Lipinski definition) is 0. The Labute approximate surface area is 128 Å². The van der Waals surface area contributed by atoms with Crippen molar-refractivity contribution in [1.29, 1.82) is 0 Å². The molecule has 0 saturated carbocycles. The minimum Gasteiger partial charge on any atom is -0.270 e. The third-order valence-corrected chi connectivity index (χ3v) is 4.05. The van der Waals surface area contributed by atoms with Crippen LogP contribution in [0.3, 0.4) is 0 Å². The fraction of sp³-hybridized carbons (Fsp3) is 0. The molecule has 1 amide bonds. The quantitative estimate of drug-likeness (QED) is 0.435. The van der Waals surface area contributed by atoms with Crippen LogP contribution in [-0.2, 0) is 0 Å².